The van der Waals surface area contributed by atoms with Crippen molar-refractivity contribution in [1.82, 2.24) is 4.98 Å². The highest BCUT2D eigenvalue weighted by Gasteiger charge is 2.10. The number of hydrogen-bond donors (Lipinski definition) is 1. The third-order valence-electron chi connectivity index (χ3n) is 3.99. The van der Waals surface area contributed by atoms with Crippen LogP contribution in [0.2, 0.25) is 0 Å². The van der Waals surface area contributed by atoms with Crippen LogP contribution in [0.3, 0.4) is 0 Å². The number of carbonyl (C=O) groups excluding carboxylic acids is 1. The first-order valence-corrected chi connectivity index (χ1v) is 9.72. The lowest BCUT2D eigenvalue weighted by Crippen LogP contribution is -2.13. The lowest BCUT2D eigenvalue weighted by molar-refractivity contribution is 0.102. The van der Waals surface area contributed by atoms with Gasteiger partial charge in [0.1, 0.15) is 5.75 Å². The van der Waals surface area contributed by atoms with Gasteiger partial charge in [-0.3, -0.25) is 10.1 Å². The van der Waals surface area contributed by atoms with E-state index in [0.717, 1.165) is 29.1 Å². The molecule has 0 saturated heterocycles. The number of nitrogens with one attached hydrogen (secondary N) is 1. The van der Waals surface area contributed by atoms with Gasteiger partial charge in [0.25, 0.3) is 5.91 Å². The summed E-state index contributed by atoms with van der Waals surface area (Å²) >= 11 is 1.41. The maximum Gasteiger partial charge on any atom is 0.257 e. The first-order chi connectivity index (χ1) is 13.1. The van der Waals surface area contributed by atoms with Crippen LogP contribution in [-0.4, -0.2) is 31.6 Å². The van der Waals surface area contributed by atoms with Gasteiger partial charge in [-0.2, -0.15) is 0 Å². The quantitative estimate of drug-likeness (QED) is 0.631. The summed E-state index contributed by atoms with van der Waals surface area (Å²) < 4.78 is 5.60. The average Bonchev–Trinajstić information content (AvgIpc) is 3.15. The Morgan fingerprint density at radius 1 is 1.11 bits per heavy atom. The Bertz CT molecular complexity index is 887. The number of rotatable bonds is 7. The van der Waals surface area contributed by atoms with Gasteiger partial charge in [-0.15, -0.1) is 11.3 Å². The Morgan fingerprint density at radius 3 is 2.44 bits per heavy atom. The largest absolute Gasteiger partial charge is 0.494 e. The third kappa shape index (κ3) is 4.86. The van der Waals surface area contributed by atoms with Crippen molar-refractivity contribution in [3.63, 3.8) is 0 Å². The van der Waals surface area contributed by atoms with Crippen molar-refractivity contribution >= 4 is 28.1 Å². The Labute approximate surface area is 163 Å². The Balaban J connectivity index is 1.65. The zero-order chi connectivity index (χ0) is 19.2. The summed E-state index contributed by atoms with van der Waals surface area (Å²) in [7, 11) is 3.93. The van der Waals surface area contributed by atoms with Gasteiger partial charge >= 0.3 is 0 Å². The van der Waals surface area contributed by atoms with Crippen LogP contribution in [0.5, 0.6) is 5.75 Å². The van der Waals surface area contributed by atoms with E-state index in [2.05, 4.69) is 17.2 Å². The first-order valence-electron chi connectivity index (χ1n) is 8.84. The van der Waals surface area contributed by atoms with E-state index in [1.165, 1.54) is 11.3 Å². The predicted molar refractivity (Wildman–Crippen MR) is 112 cm³/mol. The minimum atomic E-state index is -0.162. The number of amides is 1. The minimum absolute atomic E-state index is 0.162. The summed E-state index contributed by atoms with van der Waals surface area (Å²) in [6.07, 6.45) is 0.981. The molecule has 0 spiro atoms. The summed E-state index contributed by atoms with van der Waals surface area (Å²) in [5.41, 5.74) is 3.48. The summed E-state index contributed by atoms with van der Waals surface area (Å²) in [6.45, 7) is 2.79. The molecular weight excluding hydrogens is 358 g/mol. The highest BCUT2D eigenvalue weighted by atomic mass is 32.1. The Morgan fingerprint density at radius 2 is 1.81 bits per heavy atom. The fraction of sp³-hybridized carbons (Fsp3) is 0.238. The zero-order valence-corrected chi connectivity index (χ0v) is 16.5. The molecule has 3 rings (SSSR count). The van der Waals surface area contributed by atoms with Crippen LogP contribution in [0.4, 0.5) is 10.8 Å². The van der Waals surface area contributed by atoms with E-state index >= 15 is 0 Å². The minimum Gasteiger partial charge on any atom is -0.494 e. The predicted octanol–water partition coefficient (Wildman–Crippen LogP) is 4.92. The van der Waals surface area contributed by atoms with Crippen LogP contribution in [0.25, 0.3) is 11.3 Å². The van der Waals surface area contributed by atoms with Crippen LogP contribution in [0.1, 0.15) is 23.7 Å². The molecule has 0 atom stereocenters. The monoisotopic (exact) mass is 381 g/mol. The molecule has 3 aromatic rings. The number of nitrogens with zero attached hydrogens (tertiary/aromatic N) is 2. The maximum atomic E-state index is 12.4. The van der Waals surface area contributed by atoms with Crippen LogP contribution < -0.4 is 15.0 Å². The van der Waals surface area contributed by atoms with Gasteiger partial charge in [0.15, 0.2) is 5.13 Å². The van der Waals surface area contributed by atoms with Crippen LogP contribution >= 0.6 is 11.3 Å². The molecule has 1 amide bonds. The molecule has 27 heavy (non-hydrogen) atoms. The molecule has 0 aliphatic carbocycles. The van der Waals surface area contributed by atoms with Crippen LogP contribution in [-0.2, 0) is 0 Å². The van der Waals surface area contributed by atoms with Gasteiger partial charge in [0.05, 0.1) is 12.3 Å². The fourth-order valence-corrected chi connectivity index (χ4v) is 3.20. The van der Waals surface area contributed by atoms with Crippen molar-refractivity contribution in [1.29, 1.82) is 0 Å². The van der Waals surface area contributed by atoms with Crippen molar-refractivity contribution in [2.45, 2.75) is 13.3 Å². The highest BCUT2D eigenvalue weighted by Crippen LogP contribution is 2.27. The summed E-state index contributed by atoms with van der Waals surface area (Å²) in [5.74, 6) is 0.690. The SMILES string of the molecule is CCCOc1ccc(-c2csc(NC(=O)c3ccc(N(C)C)cc3)n2)cc1. The Hall–Kier alpha value is -2.86. The van der Waals surface area contributed by atoms with E-state index in [0.29, 0.717) is 17.3 Å². The standard InChI is InChI=1S/C21H23N3O2S/c1-4-13-26-18-11-7-15(8-12-18)19-14-27-21(22-19)23-20(25)16-5-9-17(10-6-16)24(2)3/h5-12,14H,4,13H2,1-3H3,(H,22,23,25). The summed E-state index contributed by atoms with van der Waals surface area (Å²) in [5, 5.41) is 5.39. The Kier molecular flexibility index (Phi) is 6.08. The van der Waals surface area contributed by atoms with Gasteiger partial charge in [0.2, 0.25) is 0 Å². The fourth-order valence-electron chi connectivity index (χ4n) is 2.49. The van der Waals surface area contributed by atoms with Crippen molar-refractivity contribution in [3.8, 4) is 17.0 Å². The molecule has 2 aromatic carbocycles. The number of anilines is 2. The second-order valence-electron chi connectivity index (χ2n) is 6.31. The number of benzene rings is 2. The van der Waals surface area contributed by atoms with E-state index in [9.17, 15) is 4.79 Å². The molecule has 0 radical (unpaired) electrons. The second-order valence-corrected chi connectivity index (χ2v) is 7.16. The number of ether oxygens (including phenoxy) is 1. The number of hydrogen-bond acceptors (Lipinski definition) is 5. The normalized spacial score (nSPS) is 10.5. The molecule has 1 heterocycles. The molecule has 0 saturated carbocycles. The first kappa shape index (κ1) is 18.9. The molecule has 140 valence electrons. The van der Waals surface area contributed by atoms with E-state index in [4.69, 9.17) is 4.74 Å². The van der Waals surface area contributed by atoms with Crippen molar-refractivity contribution in [2.75, 3.05) is 30.9 Å². The molecule has 0 aliphatic rings. The molecule has 0 bridgehead atoms. The molecule has 0 unspecified atom stereocenters. The molecule has 0 fully saturated rings. The van der Waals surface area contributed by atoms with Gasteiger partial charge < -0.3 is 9.64 Å². The lowest BCUT2D eigenvalue weighted by atomic mass is 10.2. The second kappa shape index (κ2) is 8.68. The van der Waals surface area contributed by atoms with Crippen molar-refractivity contribution in [3.05, 3.63) is 59.5 Å². The van der Waals surface area contributed by atoms with Gasteiger partial charge in [-0.25, -0.2) is 4.98 Å². The van der Waals surface area contributed by atoms with Crippen molar-refractivity contribution in [2.24, 2.45) is 0 Å². The number of aromatic nitrogens is 1. The topological polar surface area (TPSA) is 54.5 Å². The summed E-state index contributed by atoms with van der Waals surface area (Å²) in [4.78, 5) is 18.9. The number of thiazole rings is 1. The van der Waals surface area contributed by atoms with E-state index in [-0.39, 0.29) is 5.91 Å². The average molecular weight is 382 g/mol. The van der Waals surface area contributed by atoms with Crippen molar-refractivity contribution < 1.29 is 9.53 Å². The lowest BCUT2D eigenvalue weighted by Gasteiger charge is -2.12. The van der Waals surface area contributed by atoms with E-state index in [1.54, 1.807) is 0 Å². The third-order valence-corrected chi connectivity index (χ3v) is 4.75. The zero-order valence-electron chi connectivity index (χ0n) is 15.7. The molecule has 1 N–H and O–H groups in total. The van der Waals surface area contributed by atoms with Crippen LogP contribution in [0.15, 0.2) is 53.9 Å². The summed E-state index contributed by atoms with van der Waals surface area (Å²) in [6, 6.07) is 15.3. The van der Waals surface area contributed by atoms with Gasteiger partial charge in [0, 0.05) is 36.3 Å². The molecule has 5 nitrogen and oxygen atoms in total. The highest BCUT2D eigenvalue weighted by molar-refractivity contribution is 7.14. The molecule has 1 aromatic heterocycles. The number of carbonyl (C=O) groups is 1. The maximum absolute atomic E-state index is 12.4. The molecule has 6 heteroatoms. The van der Waals surface area contributed by atoms with E-state index in [1.807, 2.05) is 72.9 Å². The van der Waals surface area contributed by atoms with E-state index < -0.39 is 0 Å². The molecule has 0 aliphatic heterocycles. The molecular formula is C21H23N3O2S. The van der Waals surface area contributed by atoms with Gasteiger partial charge in [-0.1, -0.05) is 6.92 Å². The van der Waals surface area contributed by atoms with Gasteiger partial charge in [-0.05, 0) is 55.0 Å². The smallest absolute Gasteiger partial charge is 0.257 e. The van der Waals surface area contributed by atoms with Crippen LogP contribution in [0, 0.1) is 0 Å².